The zero-order valence-corrected chi connectivity index (χ0v) is 13.2. The first kappa shape index (κ1) is 17.2. The predicted octanol–water partition coefficient (Wildman–Crippen LogP) is 2.07. The van der Waals surface area contributed by atoms with Gasteiger partial charge in [-0.25, -0.2) is 4.79 Å². The Labute approximate surface area is 139 Å². The van der Waals surface area contributed by atoms with Gasteiger partial charge in [0.2, 0.25) is 11.8 Å². The highest BCUT2D eigenvalue weighted by Gasteiger charge is 2.20. The number of amides is 2. The molecule has 6 heteroatoms. The molecule has 1 unspecified atom stereocenters. The van der Waals surface area contributed by atoms with Crippen molar-refractivity contribution in [3.8, 4) is 0 Å². The quantitative estimate of drug-likeness (QED) is 0.757. The lowest BCUT2D eigenvalue weighted by Crippen LogP contribution is -2.44. The van der Waals surface area contributed by atoms with E-state index in [0.29, 0.717) is 12.1 Å². The van der Waals surface area contributed by atoms with Gasteiger partial charge in [0, 0.05) is 19.0 Å². The van der Waals surface area contributed by atoms with Gasteiger partial charge in [-0.1, -0.05) is 36.4 Å². The molecule has 0 bridgehead atoms. The Morgan fingerprint density at radius 2 is 1.75 bits per heavy atom. The van der Waals surface area contributed by atoms with Crippen molar-refractivity contribution < 1.29 is 19.5 Å². The summed E-state index contributed by atoms with van der Waals surface area (Å²) in [5.74, 6) is -1.80. The van der Waals surface area contributed by atoms with Gasteiger partial charge in [-0.15, -0.1) is 0 Å². The molecule has 0 aliphatic heterocycles. The molecule has 0 saturated carbocycles. The number of rotatable bonds is 6. The van der Waals surface area contributed by atoms with Gasteiger partial charge in [0.1, 0.15) is 6.04 Å². The van der Waals surface area contributed by atoms with Crippen molar-refractivity contribution in [2.45, 2.75) is 19.4 Å². The third-order valence-corrected chi connectivity index (χ3v) is 3.35. The molecule has 3 N–H and O–H groups in total. The van der Waals surface area contributed by atoms with Gasteiger partial charge in [-0.3, -0.25) is 9.59 Å². The van der Waals surface area contributed by atoms with E-state index in [0.717, 1.165) is 5.56 Å². The average molecular weight is 326 g/mol. The summed E-state index contributed by atoms with van der Waals surface area (Å²) in [7, 11) is 0. The number of carbonyl (C=O) groups excluding carboxylic acids is 2. The molecule has 0 saturated heterocycles. The predicted molar refractivity (Wildman–Crippen MR) is 89.8 cm³/mol. The molecule has 0 aliphatic carbocycles. The van der Waals surface area contributed by atoms with Crippen LogP contribution in [0.4, 0.5) is 5.69 Å². The monoisotopic (exact) mass is 326 g/mol. The van der Waals surface area contributed by atoms with Crippen molar-refractivity contribution in [3.05, 3.63) is 65.7 Å². The van der Waals surface area contributed by atoms with E-state index >= 15 is 0 Å². The number of hydrogen-bond acceptors (Lipinski definition) is 3. The first-order valence-corrected chi connectivity index (χ1v) is 7.41. The zero-order chi connectivity index (χ0) is 17.5. The highest BCUT2D eigenvalue weighted by atomic mass is 16.4. The SMILES string of the molecule is CC(=O)NC(Cc1ccccc1)C(=O)Nc1cccc(C(=O)O)c1. The summed E-state index contributed by atoms with van der Waals surface area (Å²) in [4.78, 5) is 34.8. The number of anilines is 1. The van der Waals surface area contributed by atoms with Crippen LogP contribution in [-0.2, 0) is 16.0 Å². The van der Waals surface area contributed by atoms with E-state index in [-0.39, 0.29) is 11.5 Å². The van der Waals surface area contributed by atoms with Crippen molar-refractivity contribution in [2.24, 2.45) is 0 Å². The fourth-order valence-corrected chi connectivity index (χ4v) is 2.26. The molecule has 1 atom stereocenters. The minimum atomic E-state index is -1.08. The summed E-state index contributed by atoms with van der Waals surface area (Å²) in [6.07, 6.45) is 0.338. The Balaban J connectivity index is 2.14. The minimum Gasteiger partial charge on any atom is -0.478 e. The third kappa shape index (κ3) is 4.95. The van der Waals surface area contributed by atoms with E-state index in [1.807, 2.05) is 30.3 Å². The maximum Gasteiger partial charge on any atom is 0.335 e. The van der Waals surface area contributed by atoms with Crippen LogP contribution in [0.3, 0.4) is 0 Å². The molecule has 2 aromatic rings. The number of hydrogen-bond donors (Lipinski definition) is 3. The van der Waals surface area contributed by atoms with Crippen molar-refractivity contribution in [1.82, 2.24) is 5.32 Å². The Kier molecular flexibility index (Phi) is 5.68. The van der Waals surface area contributed by atoms with Gasteiger partial charge >= 0.3 is 5.97 Å². The first-order chi connectivity index (χ1) is 11.5. The molecule has 0 spiro atoms. The third-order valence-electron chi connectivity index (χ3n) is 3.35. The van der Waals surface area contributed by atoms with Gasteiger partial charge in [0.05, 0.1) is 5.56 Å². The number of carboxylic acid groups (broad SMARTS) is 1. The summed E-state index contributed by atoms with van der Waals surface area (Å²) in [5.41, 5.74) is 1.35. The van der Waals surface area contributed by atoms with Crippen molar-refractivity contribution >= 4 is 23.5 Å². The van der Waals surface area contributed by atoms with Crippen LogP contribution in [0.5, 0.6) is 0 Å². The molecule has 2 aromatic carbocycles. The fourth-order valence-electron chi connectivity index (χ4n) is 2.26. The van der Waals surface area contributed by atoms with Crippen LogP contribution in [0, 0.1) is 0 Å². The van der Waals surface area contributed by atoms with E-state index in [2.05, 4.69) is 10.6 Å². The maximum absolute atomic E-state index is 12.5. The second kappa shape index (κ2) is 7.92. The first-order valence-electron chi connectivity index (χ1n) is 7.41. The zero-order valence-electron chi connectivity index (χ0n) is 13.2. The van der Waals surface area contributed by atoms with E-state index in [9.17, 15) is 14.4 Å². The summed E-state index contributed by atoms with van der Waals surface area (Å²) in [6, 6.07) is 14.5. The molecule has 2 rings (SSSR count). The largest absolute Gasteiger partial charge is 0.478 e. The second-order valence-electron chi connectivity index (χ2n) is 5.32. The number of benzene rings is 2. The molecule has 2 amide bonds. The maximum atomic E-state index is 12.5. The molecular formula is C18H18N2O4. The lowest BCUT2D eigenvalue weighted by Gasteiger charge is -2.18. The molecular weight excluding hydrogens is 308 g/mol. The van der Waals surface area contributed by atoms with Gasteiger partial charge in [-0.05, 0) is 23.8 Å². The van der Waals surface area contributed by atoms with Crippen LogP contribution >= 0.6 is 0 Å². The lowest BCUT2D eigenvalue weighted by atomic mass is 10.0. The molecule has 0 fully saturated rings. The number of carboxylic acids is 1. The van der Waals surface area contributed by atoms with E-state index < -0.39 is 17.9 Å². The van der Waals surface area contributed by atoms with Crippen LogP contribution in [0.25, 0.3) is 0 Å². The highest BCUT2D eigenvalue weighted by Crippen LogP contribution is 2.12. The van der Waals surface area contributed by atoms with Crippen molar-refractivity contribution in [2.75, 3.05) is 5.32 Å². The molecule has 24 heavy (non-hydrogen) atoms. The average Bonchev–Trinajstić information content (AvgIpc) is 2.55. The molecule has 0 radical (unpaired) electrons. The molecule has 124 valence electrons. The summed E-state index contributed by atoms with van der Waals surface area (Å²) in [6.45, 7) is 1.34. The van der Waals surface area contributed by atoms with Crippen LogP contribution in [-0.4, -0.2) is 28.9 Å². The smallest absolute Gasteiger partial charge is 0.335 e. The van der Waals surface area contributed by atoms with Crippen molar-refractivity contribution in [1.29, 1.82) is 0 Å². The summed E-state index contributed by atoms with van der Waals surface area (Å²) < 4.78 is 0. The van der Waals surface area contributed by atoms with Gasteiger partial charge in [0.15, 0.2) is 0 Å². The summed E-state index contributed by atoms with van der Waals surface area (Å²) in [5, 5.41) is 14.3. The second-order valence-corrected chi connectivity index (χ2v) is 5.32. The van der Waals surface area contributed by atoms with Crippen LogP contribution < -0.4 is 10.6 Å². The van der Waals surface area contributed by atoms with Gasteiger partial charge in [-0.2, -0.15) is 0 Å². The van der Waals surface area contributed by atoms with E-state index in [1.165, 1.54) is 19.1 Å². The minimum absolute atomic E-state index is 0.0759. The normalized spacial score (nSPS) is 11.4. The van der Waals surface area contributed by atoms with Crippen molar-refractivity contribution in [3.63, 3.8) is 0 Å². The van der Waals surface area contributed by atoms with Crippen LogP contribution in [0.1, 0.15) is 22.8 Å². The molecule has 0 heterocycles. The Bertz CT molecular complexity index is 744. The molecule has 0 aromatic heterocycles. The fraction of sp³-hybridized carbons (Fsp3) is 0.167. The lowest BCUT2D eigenvalue weighted by molar-refractivity contribution is -0.125. The van der Waals surface area contributed by atoms with Gasteiger partial charge in [0.25, 0.3) is 0 Å². The Hall–Kier alpha value is -3.15. The number of nitrogens with one attached hydrogen (secondary N) is 2. The summed E-state index contributed by atoms with van der Waals surface area (Å²) >= 11 is 0. The van der Waals surface area contributed by atoms with Gasteiger partial charge < -0.3 is 15.7 Å². The topological polar surface area (TPSA) is 95.5 Å². The standard InChI is InChI=1S/C18H18N2O4/c1-12(21)19-16(10-13-6-3-2-4-7-13)17(22)20-15-9-5-8-14(11-15)18(23)24/h2-9,11,16H,10H2,1H3,(H,19,21)(H,20,22)(H,23,24). The van der Waals surface area contributed by atoms with E-state index in [4.69, 9.17) is 5.11 Å². The Morgan fingerprint density at radius 1 is 1.04 bits per heavy atom. The van der Waals surface area contributed by atoms with E-state index in [1.54, 1.807) is 12.1 Å². The Morgan fingerprint density at radius 3 is 2.38 bits per heavy atom. The number of carbonyl (C=O) groups is 3. The van der Waals surface area contributed by atoms with Crippen LogP contribution in [0.2, 0.25) is 0 Å². The van der Waals surface area contributed by atoms with Crippen LogP contribution in [0.15, 0.2) is 54.6 Å². The number of aromatic carboxylic acids is 1. The molecule has 0 aliphatic rings. The molecule has 6 nitrogen and oxygen atoms in total. The highest BCUT2D eigenvalue weighted by molar-refractivity contribution is 5.98.